The molecule has 15 heavy (non-hydrogen) atoms. The van der Waals surface area contributed by atoms with Gasteiger partial charge in [-0.3, -0.25) is 0 Å². The first kappa shape index (κ1) is 11.8. The van der Waals surface area contributed by atoms with Crippen molar-refractivity contribution in [3.8, 4) is 0 Å². The van der Waals surface area contributed by atoms with Gasteiger partial charge in [-0.25, -0.2) is 4.79 Å². The summed E-state index contributed by atoms with van der Waals surface area (Å²) in [4.78, 5) is 14.2. The first-order valence-corrected chi connectivity index (χ1v) is 5.36. The Bertz CT molecular complexity index is 351. The minimum atomic E-state index is -0.843. The lowest BCUT2D eigenvalue weighted by atomic mass is 10.1. The summed E-state index contributed by atoms with van der Waals surface area (Å²) in [7, 11) is 0. The van der Waals surface area contributed by atoms with Crippen LogP contribution < -0.4 is 0 Å². The van der Waals surface area contributed by atoms with E-state index in [-0.39, 0.29) is 5.92 Å². The lowest BCUT2D eigenvalue weighted by Gasteiger charge is -2.04. The molecular weight excluding hydrogens is 190 g/mol. The molecule has 3 nitrogen and oxygen atoms in total. The van der Waals surface area contributed by atoms with Gasteiger partial charge in [0.25, 0.3) is 0 Å². The van der Waals surface area contributed by atoms with E-state index < -0.39 is 5.97 Å². The number of aromatic carboxylic acids is 1. The third-order valence-electron chi connectivity index (χ3n) is 2.34. The maximum absolute atomic E-state index is 11.0. The van der Waals surface area contributed by atoms with Gasteiger partial charge in [0.15, 0.2) is 0 Å². The summed E-state index contributed by atoms with van der Waals surface area (Å²) < 4.78 is 0. The van der Waals surface area contributed by atoms with Gasteiger partial charge in [-0.05, 0) is 24.3 Å². The van der Waals surface area contributed by atoms with Crippen LogP contribution in [-0.4, -0.2) is 16.1 Å². The summed E-state index contributed by atoms with van der Waals surface area (Å²) in [5, 5.41) is 9.04. The van der Waals surface area contributed by atoms with E-state index in [1.54, 1.807) is 6.07 Å². The van der Waals surface area contributed by atoms with Gasteiger partial charge in [0.05, 0.1) is 5.56 Å². The molecule has 1 aromatic heterocycles. The molecule has 0 bridgehead atoms. The molecule has 3 heteroatoms. The topological polar surface area (TPSA) is 53.1 Å². The van der Waals surface area contributed by atoms with Crippen LogP contribution in [0.15, 0.2) is 6.07 Å². The largest absolute Gasteiger partial charge is 0.478 e. The van der Waals surface area contributed by atoms with Crippen molar-refractivity contribution in [1.29, 1.82) is 0 Å². The molecule has 0 spiro atoms. The molecule has 0 aliphatic rings. The molecule has 1 heterocycles. The molecule has 0 radical (unpaired) electrons. The fourth-order valence-electron chi connectivity index (χ4n) is 1.71. The Balaban J connectivity index is 3.04. The van der Waals surface area contributed by atoms with Crippen molar-refractivity contribution >= 4 is 5.97 Å². The minimum absolute atomic E-state index is 0.219. The number of carboxylic acids is 1. The fourth-order valence-corrected chi connectivity index (χ4v) is 1.71. The minimum Gasteiger partial charge on any atom is -0.478 e. The molecule has 0 unspecified atom stereocenters. The number of hydrogen-bond acceptors (Lipinski definition) is 1. The quantitative estimate of drug-likeness (QED) is 0.800. The molecule has 0 aromatic carbocycles. The maximum atomic E-state index is 11.0. The maximum Gasteiger partial charge on any atom is 0.337 e. The molecule has 0 amide bonds. The molecule has 0 fully saturated rings. The summed E-state index contributed by atoms with van der Waals surface area (Å²) in [5.74, 6) is -0.0905. The van der Waals surface area contributed by atoms with E-state index in [0.29, 0.717) is 11.5 Å². The Kier molecular flexibility index (Phi) is 3.56. The Hall–Kier alpha value is -1.25. The number of aromatic amines is 1. The molecule has 2 N–H and O–H groups in total. The average Bonchev–Trinajstić information content (AvgIpc) is 2.46. The first-order valence-electron chi connectivity index (χ1n) is 5.36. The standard InChI is InChI=1S/C12H19NO2/c1-7(2)5-9-6-10(12(14)15)11(13-9)8(3)4/h6-8,13H,5H2,1-4H3,(H,14,15). The monoisotopic (exact) mass is 209 g/mol. The molecule has 0 atom stereocenters. The van der Waals surface area contributed by atoms with Crippen molar-refractivity contribution in [2.75, 3.05) is 0 Å². The predicted octanol–water partition coefficient (Wildman–Crippen LogP) is 3.03. The Labute approximate surface area is 90.5 Å². The summed E-state index contributed by atoms with van der Waals surface area (Å²) in [6, 6.07) is 1.76. The third-order valence-corrected chi connectivity index (χ3v) is 2.34. The van der Waals surface area contributed by atoms with Crippen molar-refractivity contribution in [2.24, 2.45) is 5.92 Å². The number of rotatable bonds is 4. The van der Waals surface area contributed by atoms with E-state index in [9.17, 15) is 4.79 Å². The van der Waals surface area contributed by atoms with Crippen LogP contribution in [0, 0.1) is 5.92 Å². The van der Waals surface area contributed by atoms with Crippen molar-refractivity contribution < 1.29 is 9.90 Å². The van der Waals surface area contributed by atoms with Crippen LogP contribution in [0.25, 0.3) is 0 Å². The average molecular weight is 209 g/mol. The summed E-state index contributed by atoms with van der Waals surface area (Å²) in [6.07, 6.45) is 0.896. The van der Waals surface area contributed by atoms with Crippen LogP contribution in [0.2, 0.25) is 0 Å². The van der Waals surface area contributed by atoms with E-state index in [1.165, 1.54) is 0 Å². The SMILES string of the molecule is CC(C)Cc1cc(C(=O)O)c(C(C)C)[nH]1. The number of H-pyrrole nitrogens is 1. The van der Waals surface area contributed by atoms with Crippen molar-refractivity contribution in [3.63, 3.8) is 0 Å². The van der Waals surface area contributed by atoms with E-state index in [2.05, 4.69) is 18.8 Å². The normalized spacial score (nSPS) is 11.3. The number of nitrogens with one attached hydrogen (secondary N) is 1. The Morgan fingerprint density at radius 2 is 2.00 bits per heavy atom. The lowest BCUT2D eigenvalue weighted by Crippen LogP contribution is -2.01. The fraction of sp³-hybridized carbons (Fsp3) is 0.583. The van der Waals surface area contributed by atoms with E-state index in [0.717, 1.165) is 17.8 Å². The van der Waals surface area contributed by atoms with Crippen LogP contribution in [0.3, 0.4) is 0 Å². The number of carboxylic acid groups (broad SMARTS) is 1. The number of aromatic nitrogens is 1. The van der Waals surface area contributed by atoms with E-state index in [1.807, 2.05) is 13.8 Å². The van der Waals surface area contributed by atoms with Crippen LogP contribution in [-0.2, 0) is 6.42 Å². The summed E-state index contributed by atoms with van der Waals surface area (Å²) in [5.41, 5.74) is 2.27. The van der Waals surface area contributed by atoms with Crippen LogP contribution >= 0.6 is 0 Å². The van der Waals surface area contributed by atoms with Crippen LogP contribution in [0.1, 0.15) is 55.4 Å². The first-order chi connectivity index (χ1) is 6.91. The summed E-state index contributed by atoms with van der Waals surface area (Å²) >= 11 is 0. The zero-order chi connectivity index (χ0) is 11.6. The predicted molar refractivity (Wildman–Crippen MR) is 60.4 cm³/mol. The highest BCUT2D eigenvalue weighted by molar-refractivity contribution is 5.89. The van der Waals surface area contributed by atoms with Gasteiger partial charge in [-0.1, -0.05) is 27.7 Å². The zero-order valence-corrected chi connectivity index (χ0v) is 9.79. The van der Waals surface area contributed by atoms with Crippen molar-refractivity contribution in [3.05, 3.63) is 23.0 Å². The van der Waals surface area contributed by atoms with Gasteiger partial charge in [0.2, 0.25) is 0 Å². The second-order valence-corrected chi connectivity index (χ2v) is 4.68. The molecule has 0 saturated heterocycles. The van der Waals surface area contributed by atoms with E-state index in [4.69, 9.17) is 5.11 Å². The second-order valence-electron chi connectivity index (χ2n) is 4.68. The summed E-state index contributed by atoms with van der Waals surface area (Å²) in [6.45, 7) is 8.24. The van der Waals surface area contributed by atoms with Crippen molar-refractivity contribution in [2.45, 2.75) is 40.0 Å². The molecule has 1 rings (SSSR count). The second kappa shape index (κ2) is 4.51. The van der Waals surface area contributed by atoms with Gasteiger partial charge >= 0.3 is 5.97 Å². The molecule has 84 valence electrons. The van der Waals surface area contributed by atoms with Crippen LogP contribution in [0.4, 0.5) is 0 Å². The highest BCUT2D eigenvalue weighted by Gasteiger charge is 2.16. The highest BCUT2D eigenvalue weighted by atomic mass is 16.4. The van der Waals surface area contributed by atoms with Gasteiger partial charge in [-0.2, -0.15) is 0 Å². The highest BCUT2D eigenvalue weighted by Crippen LogP contribution is 2.21. The number of carbonyl (C=O) groups is 1. The number of hydrogen-bond donors (Lipinski definition) is 2. The van der Waals surface area contributed by atoms with Gasteiger partial charge in [-0.15, -0.1) is 0 Å². The smallest absolute Gasteiger partial charge is 0.337 e. The molecule has 0 aliphatic heterocycles. The Morgan fingerprint density at radius 3 is 2.33 bits per heavy atom. The zero-order valence-electron chi connectivity index (χ0n) is 9.79. The lowest BCUT2D eigenvalue weighted by molar-refractivity contribution is 0.0695. The Morgan fingerprint density at radius 1 is 1.40 bits per heavy atom. The molecule has 0 saturated carbocycles. The third kappa shape index (κ3) is 2.85. The van der Waals surface area contributed by atoms with Gasteiger partial charge < -0.3 is 10.1 Å². The molecular formula is C12H19NO2. The van der Waals surface area contributed by atoms with Crippen molar-refractivity contribution in [1.82, 2.24) is 4.98 Å². The van der Waals surface area contributed by atoms with Gasteiger partial charge in [0.1, 0.15) is 0 Å². The van der Waals surface area contributed by atoms with E-state index >= 15 is 0 Å². The van der Waals surface area contributed by atoms with Gasteiger partial charge in [0, 0.05) is 11.4 Å². The van der Waals surface area contributed by atoms with Crippen LogP contribution in [0.5, 0.6) is 0 Å². The molecule has 0 aliphatic carbocycles. The molecule has 1 aromatic rings.